The maximum absolute atomic E-state index is 12.5. The highest BCUT2D eigenvalue weighted by Crippen LogP contribution is 2.27. The number of anilines is 1. The van der Waals surface area contributed by atoms with Crippen LogP contribution >= 0.6 is 0 Å². The molecule has 1 aromatic carbocycles. The Morgan fingerprint density at radius 2 is 2.04 bits per heavy atom. The molecule has 0 radical (unpaired) electrons. The Morgan fingerprint density at radius 1 is 1.15 bits per heavy atom. The first kappa shape index (κ1) is 17.2. The average molecular weight is 363 g/mol. The molecule has 1 aliphatic heterocycles. The second kappa shape index (κ2) is 8.01. The summed E-state index contributed by atoms with van der Waals surface area (Å²) in [6, 6.07) is 13.4. The Hall–Kier alpha value is -3.19. The third kappa shape index (κ3) is 4.15. The maximum Gasteiger partial charge on any atom is 0.321 e. The van der Waals surface area contributed by atoms with Crippen LogP contribution in [-0.2, 0) is 4.74 Å². The van der Waals surface area contributed by atoms with Crippen LogP contribution in [0.2, 0.25) is 0 Å². The van der Waals surface area contributed by atoms with Crippen LogP contribution in [0, 0.1) is 0 Å². The number of para-hydroxylation sites is 1. The van der Waals surface area contributed by atoms with Crippen molar-refractivity contribution in [3.05, 3.63) is 72.8 Å². The van der Waals surface area contributed by atoms with E-state index < -0.39 is 0 Å². The predicted molar refractivity (Wildman–Crippen MR) is 102 cm³/mol. The number of aromatic nitrogens is 3. The topological polar surface area (TPSA) is 81.1 Å². The van der Waals surface area contributed by atoms with Crippen molar-refractivity contribution in [2.45, 2.75) is 25.0 Å². The van der Waals surface area contributed by atoms with Gasteiger partial charge in [0.25, 0.3) is 0 Å². The molecular formula is C20H21N5O2. The number of carbonyl (C=O) groups is 1. The number of amides is 2. The Labute approximate surface area is 157 Å². The first-order valence-corrected chi connectivity index (χ1v) is 8.97. The minimum Gasteiger partial charge on any atom is -0.373 e. The zero-order valence-corrected chi connectivity index (χ0v) is 14.8. The van der Waals surface area contributed by atoms with Gasteiger partial charge in [-0.1, -0.05) is 24.3 Å². The van der Waals surface area contributed by atoms with E-state index in [9.17, 15) is 4.79 Å². The first-order valence-electron chi connectivity index (χ1n) is 8.97. The molecule has 2 N–H and O–H groups in total. The highest BCUT2D eigenvalue weighted by atomic mass is 16.5. The van der Waals surface area contributed by atoms with Crippen LogP contribution in [0.4, 0.5) is 10.7 Å². The van der Waals surface area contributed by atoms with E-state index >= 15 is 0 Å². The van der Waals surface area contributed by atoms with Gasteiger partial charge in [-0.25, -0.2) is 9.78 Å². The maximum atomic E-state index is 12.5. The Kier molecular flexibility index (Phi) is 5.11. The van der Waals surface area contributed by atoms with E-state index in [1.807, 2.05) is 59.4 Å². The lowest BCUT2D eigenvalue weighted by atomic mass is 9.99. The van der Waals surface area contributed by atoms with Gasteiger partial charge in [0.05, 0.1) is 6.10 Å². The molecule has 1 aliphatic rings. The lowest BCUT2D eigenvalue weighted by Crippen LogP contribution is -2.42. The molecule has 2 amide bonds. The number of imidazole rings is 1. The molecule has 2 unspecified atom stereocenters. The minimum absolute atomic E-state index is 0.0316. The number of ether oxygens (including phenoxy) is 1. The number of nitrogens with one attached hydrogen (secondary N) is 2. The summed E-state index contributed by atoms with van der Waals surface area (Å²) >= 11 is 0. The zero-order chi connectivity index (χ0) is 18.5. The molecule has 27 heavy (non-hydrogen) atoms. The molecule has 0 bridgehead atoms. The highest BCUT2D eigenvalue weighted by molar-refractivity contribution is 5.88. The number of hydrogen-bond acceptors (Lipinski definition) is 4. The van der Waals surface area contributed by atoms with Gasteiger partial charge in [0.2, 0.25) is 5.95 Å². The molecule has 2 aromatic heterocycles. The molecule has 138 valence electrons. The van der Waals surface area contributed by atoms with Crippen molar-refractivity contribution < 1.29 is 9.53 Å². The molecule has 2 atom stereocenters. The smallest absolute Gasteiger partial charge is 0.321 e. The highest BCUT2D eigenvalue weighted by Gasteiger charge is 2.25. The van der Waals surface area contributed by atoms with Crippen molar-refractivity contribution >= 4 is 12.0 Å². The van der Waals surface area contributed by atoms with E-state index in [-0.39, 0.29) is 18.2 Å². The zero-order valence-electron chi connectivity index (χ0n) is 14.8. The molecule has 1 saturated heterocycles. The molecule has 0 aliphatic carbocycles. The SMILES string of the molecule is O=C(Nc1nccn1-c1ccccc1)NC1CCOC(c2cccnc2)C1. The van der Waals surface area contributed by atoms with Crippen molar-refractivity contribution in [3.8, 4) is 5.69 Å². The first-order chi connectivity index (χ1) is 13.3. The number of benzene rings is 1. The molecule has 3 aromatic rings. The molecule has 4 rings (SSSR count). The third-order valence-corrected chi connectivity index (χ3v) is 4.58. The summed E-state index contributed by atoms with van der Waals surface area (Å²) in [6.07, 6.45) is 8.47. The summed E-state index contributed by atoms with van der Waals surface area (Å²) in [5.41, 5.74) is 1.97. The van der Waals surface area contributed by atoms with E-state index in [4.69, 9.17) is 4.74 Å². The Morgan fingerprint density at radius 3 is 2.85 bits per heavy atom. The second-order valence-electron chi connectivity index (χ2n) is 6.42. The van der Waals surface area contributed by atoms with Gasteiger partial charge in [-0.15, -0.1) is 0 Å². The van der Waals surface area contributed by atoms with Crippen molar-refractivity contribution in [2.75, 3.05) is 11.9 Å². The normalized spacial score (nSPS) is 19.4. The largest absolute Gasteiger partial charge is 0.373 e. The van der Waals surface area contributed by atoms with Crippen molar-refractivity contribution in [1.82, 2.24) is 19.9 Å². The molecule has 0 saturated carbocycles. The fraction of sp³-hybridized carbons (Fsp3) is 0.250. The van der Waals surface area contributed by atoms with E-state index in [0.29, 0.717) is 19.0 Å². The van der Waals surface area contributed by atoms with Gasteiger partial charge in [-0.05, 0) is 36.6 Å². The summed E-state index contributed by atoms with van der Waals surface area (Å²) in [4.78, 5) is 20.9. The minimum atomic E-state index is -0.268. The van der Waals surface area contributed by atoms with Gasteiger partial charge in [-0.3, -0.25) is 14.9 Å². The monoisotopic (exact) mass is 363 g/mol. The number of hydrogen-bond donors (Lipinski definition) is 2. The van der Waals surface area contributed by atoms with E-state index in [1.54, 1.807) is 12.4 Å². The van der Waals surface area contributed by atoms with Crippen LogP contribution in [-0.4, -0.2) is 33.2 Å². The van der Waals surface area contributed by atoms with E-state index in [2.05, 4.69) is 20.6 Å². The predicted octanol–water partition coefficient (Wildman–Crippen LogP) is 3.31. The number of carbonyl (C=O) groups excluding carboxylic acids is 1. The lowest BCUT2D eigenvalue weighted by molar-refractivity contribution is 0.00235. The van der Waals surface area contributed by atoms with Crippen molar-refractivity contribution in [3.63, 3.8) is 0 Å². The van der Waals surface area contributed by atoms with Gasteiger partial charge >= 0.3 is 6.03 Å². The number of rotatable bonds is 4. The summed E-state index contributed by atoms with van der Waals surface area (Å²) in [7, 11) is 0. The van der Waals surface area contributed by atoms with Crippen molar-refractivity contribution in [2.24, 2.45) is 0 Å². The van der Waals surface area contributed by atoms with Gasteiger partial charge in [0.1, 0.15) is 0 Å². The van der Waals surface area contributed by atoms with Gasteiger partial charge in [0, 0.05) is 43.1 Å². The van der Waals surface area contributed by atoms with Crippen LogP contribution in [0.1, 0.15) is 24.5 Å². The fourth-order valence-electron chi connectivity index (χ4n) is 3.24. The van der Waals surface area contributed by atoms with Crippen molar-refractivity contribution in [1.29, 1.82) is 0 Å². The second-order valence-corrected chi connectivity index (χ2v) is 6.42. The molecule has 7 heteroatoms. The third-order valence-electron chi connectivity index (χ3n) is 4.58. The Bertz CT molecular complexity index is 882. The van der Waals surface area contributed by atoms with Gasteiger partial charge in [0.15, 0.2) is 0 Å². The van der Waals surface area contributed by atoms with Crippen LogP contribution < -0.4 is 10.6 Å². The molecule has 3 heterocycles. The number of urea groups is 1. The lowest BCUT2D eigenvalue weighted by Gasteiger charge is -2.30. The van der Waals surface area contributed by atoms with Crippen LogP contribution in [0.15, 0.2) is 67.3 Å². The Balaban J connectivity index is 1.38. The molecule has 7 nitrogen and oxygen atoms in total. The van der Waals surface area contributed by atoms with Crippen LogP contribution in [0.5, 0.6) is 0 Å². The summed E-state index contributed by atoms with van der Waals surface area (Å²) in [6.45, 7) is 0.600. The summed E-state index contributed by atoms with van der Waals surface area (Å²) in [5.74, 6) is 0.481. The summed E-state index contributed by atoms with van der Waals surface area (Å²) < 4.78 is 7.67. The van der Waals surface area contributed by atoms with E-state index in [1.165, 1.54) is 0 Å². The average Bonchev–Trinajstić information content (AvgIpc) is 3.17. The summed E-state index contributed by atoms with van der Waals surface area (Å²) in [5, 5.41) is 5.87. The van der Waals surface area contributed by atoms with Gasteiger partial charge < -0.3 is 10.1 Å². The number of pyridine rings is 1. The standard InChI is InChI=1S/C20H21N5O2/c26-20(24-19-22-10-11-25(19)17-6-2-1-3-7-17)23-16-8-12-27-18(13-16)15-5-4-9-21-14-15/h1-7,9-11,14,16,18H,8,12-13H2,(H2,22,23,24,26). The number of nitrogens with zero attached hydrogens (tertiary/aromatic N) is 3. The molecule has 1 fully saturated rings. The fourth-order valence-corrected chi connectivity index (χ4v) is 3.24. The molecule has 0 spiro atoms. The van der Waals surface area contributed by atoms with Crippen LogP contribution in [0.3, 0.4) is 0 Å². The van der Waals surface area contributed by atoms with Crippen LogP contribution in [0.25, 0.3) is 5.69 Å². The van der Waals surface area contributed by atoms with E-state index in [0.717, 1.165) is 17.7 Å². The molecular weight excluding hydrogens is 342 g/mol. The van der Waals surface area contributed by atoms with Gasteiger partial charge in [-0.2, -0.15) is 0 Å². The quantitative estimate of drug-likeness (QED) is 0.745.